The monoisotopic (exact) mass is 240 g/mol. The maximum atomic E-state index is 12.5. The predicted octanol–water partition coefficient (Wildman–Crippen LogP) is 1.74. The SMILES string of the molecule is CCC(C)C(=NC)C(=O)N1CCOCC1(C)C. The van der Waals surface area contributed by atoms with Gasteiger partial charge in [-0.2, -0.15) is 0 Å². The molecule has 4 nitrogen and oxygen atoms in total. The van der Waals surface area contributed by atoms with Crippen LogP contribution < -0.4 is 0 Å². The third-order valence-electron chi connectivity index (χ3n) is 3.43. The van der Waals surface area contributed by atoms with Crippen molar-refractivity contribution in [2.45, 2.75) is 39.7 Å². The van der Waals surface area contributed by atoms with Crippen LogP contribution in [0.4, 0.5) is 0 Å². The Morgan fingerprint density at radius 2 is 2.18 bits per heavy atom. The van der Waals surface area contributed by atoms with E-state index < -0.39 is 0 Å². The molecule has 0 aromatic heterocycles. The first-order valence-corrected chi connectivity index (χ1v) is 6.30. The molecule has 0 aliphatic carbocycles. The van der Waals surface area contributed by atoms with E-state index in [4.69, 9.17) is 4.74 Å². The van der Waals surface area contributed by atoms with Gasteiger partial charge >= 0.3 is 0 Å². The van der Waals surface area contributed by atoms with Gasteiger partial charge in [-0.25, -0.2) is 0 Å². The molecule has 1 aliphatic heterocycles. The van der Waals surface area contributed by atoms with Crippen LogP contribution in [0.2, 0.25) is 0 Å². The average Bonchev–Trinajstić information content (AvgIpc) is 2.28. The summed E-state index contributed by atoms with van der Waals surface area (Å²) in [5, 5.41) is 0. The van der Waals surface area contributed by atoms with Crippen molar-refractivity contribution in [2.75, 3.05) is 26.8 Å². The van der Waals surface area contributed by atoms with Crippen LogP contribution in [0.3, 0.4) is 0 Å². The highest BCUT2D eigenvalue weighted by atomic mass is 16.5. The zero-order valence-electron chi connectivity index (χ0n) is 11.6. The smallest absolute Gasteiger partial charge is 0.268 e. The minimum Gasteiger partial charge on any atom is -0.377 e. The Hall–Kier alpha value is -0.900. The minimum absolute atomic E-state index is 0.0650. The summed E-state index contributed by atoms with van der Waals surface area (Å²) in [4.78, 5) is 18.6. The number of ether oxygens (including phenoxy) is 1. The van der Waals surface area contributed by atoms with Crippen LogP contribution in [-0.4, -0.2) is 48.9 Å². The molecule has 0 N–H and O–H groups in total. The molecule has 0 bridgehead atoms. The van der Waals surface area contributed by atoms with E-state index in [1.807, 2.05) is 25.7 Å². The van der Waals surface area contributed by atoms with Gasteiger partial charge in [-0.3, -0.25) is 9.79 Å². The Kier molecular flexibility index (Phi) is 4.69. The molecule has 0 saturated carbocycles. The first-order chi connectivity index (χ1) is 7.94. The largest absolute Gasteiger partial charge is 0.377 e. The van der Waals surface area contributed by atoms with Crippen LogP contribution in [0.5, 0.6) is 0 Å². The molecule has 0 aromatic carbocycles. The number of carbonyl (C=O) groups excluding carboxylic acids is 1. The van der Waals surface area contributed by atoms with Crippen molar-refractivity contribution in [1.29, 1.82) is 0 Å². The Labute approximate surface area is 104 Å². The summed E-state index contributed by atoms with van der Waals surface area (Å²) in [6.07, 6.45) is 0.934. The summed E-state index contributed by atoms with van der Waals surface area (Å²) in [6, 6.07) is 0. The number of aliphatic imine (C=N–C) groups is 1. The second-order valence-electron chi connectivity index (χ2n) is 5.24. The zero-order chi connectivity index (χ0) is 13.1. The van der Waals surface area contributed by atoms with E-state index in [1.165, 1.54) is 0 Å². The second-order valence-corrected chi connectivity index (χ2v) is 5.24. The third kappa shape index (κ3) is 3.06. The summed E-state index contributed by atoms with van der Waals surface area (Å²) >= 11 is 0. The van der Waals surface area contributed by atoms with Crippen molar-refractivity contribution in [3.8, 4) is 0 Å². The Morgan fingerprint density at radius 3 is 2.65 bits per heavy atom. The fraction of sp³-hybridized carbons (Fsp3) is 0.846. The molecule has 0 aromatic rings. The van der Waals surface area contributed by atoms with Crippen molar-refractivity contribution in [1.82, 2.24) is 4.90 Å². The second kappa shape index (κ2) is 5.63. The van der Waals surface area contributed by atoms with Crippen molar-refractivity contribution in [3.63, 3.8) is 0 Å². The Bertz CT molecular complexity index is 311. The van der Waals surface area contributed by atoms with Gasteiger partial charge in [-0.05, 0) is 20.3 Å². The molecule has 1 atom stereocenters. The molecule has 98 valence electrons. The lowest BCUT2D eigenvalue weighted by Crippen LogP contribution is -2.57. The maximum Gasteiger partial charge on any atom is 0.268 e. The fourth-order valence-corrected chi connectivity index (χ4v) is 2.09. The minimum atomic E-state index is -0.237. The molecule has 1 rings (SSSR count). The summed E-state index contributed by atoms with van der Waals surface area (Å²) in [6.45, 7) is 10.1. The molecule has 1 saturated heterocycles. The van der Waals surface area contributed by atoms with Gasteiger partial charge in [0, 0.05) is 19.5 Å². The highest BCUT2D eigenvalue weighted by Crippen LogP contribution is 2.21. The normalized spacial score (nSPS) is 22.4. The number of amides is 1. The quantitative estimate of drug-likeness (QED) is 0.705. The van der Waals surface area contributed by atoms with Gasteiger partial charge in [0.1, 0.15) is 5.71 Å². The Morgan fingerprint density at radius 1 is 1.53 bits per heavy atom. The van der Waals surface area contributed by atoms with Gasteiger partial charge in [0.15, 0.2) is 0 Å². The highest BCUT2D eigenvalue weighted by molar-refractivity contribution is 6.39. The van der Waals surface area contributed by atoms with Crippen molar-refractivity contribution < 1.29 is 9.53 Å². The van der Waals surface area contributed by atoms with Crippen molar-refractivity contribution >= 4 is 11.6 Å². The summed E-state index contributed by atoms with van der Waals surface area (Å²) in [5.74, 6) is 0.279. The lowest BCUT2D eigenvalue weighted by Gasteiger charge is -2.42. The number of rotatable bonds is 3. The van der Waals surface area contributed by atoms with Crippen LogP contribution in [0.25, 0.3) is 0 Å². The number of hydrogen-bond acceptors (Lipinski definition) is 3. The van der Waals surface area contributed by atoms with Crippen LogP contribution in [0.15, 0.2) is 4.99 Å². The Balaban J connectivity index is 2.87. The van der Waals surface area contributed by atoms with E-state index in [9.17, 15) is 4.79 Å². The fourth-order valence-electron chi connectivity index (χ4n) is 2.09. The topological polar surface area (TPSA) is 41.9 Å². The van der Waals surface area contributed by atoms with Gasteiger partial charge < -0.3 is 9.64 Å². The van der Waals surface area contributed by atoms with Crippen LogP contribution >= 0.6 is 0 Å². The molecular formula is C13H24N2O2. The molecule has 0 spiro atoms. The molecule has 1 heterocycles. The molecule has 0 radical (unpaired) electrons. The number of nitrogens with zero attached hydrogens (tertiary/aromatic N) is 2. The van der Waals surface area contributed by atoms with E-state index in [2.05, 4.69) is 11.9 Å². The van der Waals surface area contributed by atoms with Crippen LogP contribution in [0.1, 0.15) is 34.1 Å². The summed E-state index contributed by atoms with van der Waals surface area (Å²) < 4.78 is 5.43. The van der Waals surface area contributed by atoms with E-state index >= 15 is 0 Å². The number of carbonyl (C=O) groups is 1. The number of hydrogen-bond donors (Lipinski definition) is 0. The van der Waals surface area contributed by atoms with Crippen molar-refractivity contribution in [3.05, 3.63) is 0 Å². The lowest BCUT2D eigenvalue weighted by atomic mass is 9.97. The molecule has 17 heavy (non-hydrogen) atoms. The standard InChI is InChI=1S/C13H24N2O2/c1-6-10(2)11(14-5)12(16)15-7-8-17-9-13(15,3)4/h10H,6-9H2,1-5H3. The highest BCUT2D eigenvalue weighted by Gasteiger charge is 2.36. The van der Waals surface area contributed by atoms with E-state index in [0.717, 1.165) is 6.42 Å². The zero-order valence-corrected chi connectivity index (χ0v) is 11.6. The van der Waals surface area contributed by atoms with Gasteiger partial charge in [0.2, 0.25) is 0 Å². The molecule has 1 aliphatic rings. The molecule has 1 amide bonds. The lowest BCUT2D eigenvalue weighted by molar-refractivity contribution is -0.139. The molecular weight excluding hydrogens is 216 g/mol. The summed E-state index contributed by atoms with van der Waals surface area (Å²) in [5.41, 5.74) is 0.445. The van der Waals surface area contributed by atoms with Crippen molar-refractivity contribution in [2.24, 2.45) is 10.9 Å². The maximum absolute atomic E-state index is 12.5. The average molecular weight is 240 g/mol. The van der Waals surface area contributed by atoms with Gasteiger partial charge in [-0.1, -0.05) is 13.8 Å². The summed E-state index contributed by atoms with van der Waals surface area (Å²) in [7, 11) is 1.70. The van der Waals surface area contributed by atoms with E-state index in [1.54, 1.807) is 7.05 Å². The predicted molar refractivity (Wildman–Crippen MR) is 69.4 cm³/mol. The molecule has 1 unspecified atom stereocenters. The van der Waals surface area contributed by atoms with Crippen LogP contribution in [-0.2, 0) is 9.53 Å². The first-order valence-electron chi connectivity index (χ1n) is 6.30. The molecule has 1 fully saturated rings. The number of morpholine rings is 1. The van der Waals surface area contributed by atoms with Gasteiger partial charge in [0.05, 0.1) is 18.8 Å². The van der Waals surface area contributed by atoms with E-state index in [-0.39, 0.29) is 17.4 Å². The first kappa shape index (κ1) is 14.2. The van der Waals surface area contributed by atoms with Gasteiger partial charge in [0.25, 0.3) is 5.91 Å². The molecule has 4 heteroatoms. The third-order valence-corrected chi connectivity index (χ3v) is 3.43. The van der Waals surface area contributed by atoms with Gasteiger partial charge in [-0.15, -0.1) is 0 Å². The van der Waals surface area contributed by atoms with E-state index in [0.29, 0.717) is 25.5 Å². The van der Waals surface area contributed by atoms with Crippen LogP contribution in [0, 0.1) is 5.92 Å².